The van der Waals surface area contributed by atoms with Crippen molar-refractivity contribution in [3.05, 3.63) is 57.0 Å². The predicted molar refractivity (Wildman–Crippen MR) is 113 cm³/mol. The second-order valence-corrected chi connectivity index (χ2v) is 7.72. The van der Waals surface area contributed by atoms with E-state index in [1.165, 1.54) is 0 Å². The smallest absolute Gasteiger partial charge is 0.264 e. The monoisotopic (exact) mass is 506 g/mol. The maximum Gasteiger partial charge on any atom is 0.264 e. The zero-order chi connectivity index (χ0) is 20.1. The van der Waals surface area contributed by atoms with Gasteiger partial charge in [-0.1, -0.05) is 34.1 Å². The molecule has 28 heavy (non-hydrogen) atoms. The Labute approximate surface area is 177 Å². The predicted octanol–water partition coefficient (Wildman–Crippen LogP) is 5.22. The van der Waals surface area contributed by atoms with Gasteiger partial charge < -0.3 is 15.4 Å². The van der Waals surface area contributed by atoms with Gasteiger partial charge in [0.25, 0.3) is 11.8 Å². The number of aromatic nitrogens is 1. The van der Waals surface area contributed by atoms with Gasteiger partial charge in [-0.25, -0.2) is 0 Å². The molecular formula is C19H16Br2N4O3. The standard InChI is InChI=1S/C19H16Br2N4O3/c20-12-9-13-16(14(21)10-12)23-19(28)17(13)25-24-15(26)7-4-8-22-18(27)11-5-2-1-3-6-11/h1-3,5-6,9-10,23,28H,4,7-8H2,(H,22,27). The Morgan fingerprint density at radius 1 is 1.14 bits per heavy atom. The number of hydrogen-bond acceptors (Lipinski definition) is 4. The SMILES string of the molecule is O=C(CCCNC(=O)c1ccccc1)N=Nc1c(O)[nH]c2c(Br)cc(Br)cc12. The van der Waals surface area contributed by atoms with E-state index in [4.69, 9.17) is 0 Å². The van der Waals surface area contributed by atoms with Crippen LogP contribution in [-0.4, -0.2) is 28.4 Å². The molecule has 3 rings (SSSR count). The van der Waals surface area contributed by atoms with Crippen molar-refractivity contribution in [3.8, 4) is 5.88 Å². The van der Waals surface area contributed by atoms with Gasteiger partial charge in [0.1, 0.15) is 0 Å². The molecule has 0 unspecified atom stereocenters. The van der Waals surface area contributed by atoms with Crippen LogP contribution in [0.2, 0.25) is 0 Å². The van der Waals surface area contributed by atoms with Crippen LogP contribution in [-0.2, 0) is 4.79 Å². The molecule has 2 amide bonds. The Kier molecular flexibility index (Phi) is 6.58. The molecule has 0 spiro atoms. The first-order valence-corrected chi connectivity index (χ1v) is 10.0. The third-order valence-corrected chi connectivity index (χ3v) is 5.01. The van der Waals surface area contributed by atoms with E-state index in [2.05, 4.69) is 52.4 Å². The fourth-order valence-corrected chi connectivity index (χ4v) is 3.91. The molecule has 0 bridgehead atoms. The summed E-state index contributed by atoms with van der Waals surface area (Å²) in [6.07, 6.45) is 0.572. The number of H-pyrrole nitrogens is 1. The highest BCUT2D eigenvalue weighted by molar-refractivity contribution is 9.11. The molecule has 0 atom stereocenters. The lowest BCUT2D eigenvalue weighted by Gasteiger charge is -2.03. The van der Waals surface area contributed by atoms with Crippen LogP contribution >= 0.6 is 31.9 Å². The minimum atomic E-state index is -0.434. The van der Waals surface area contributed by atoms with Crippen LogP contribution in [0.4, 0.5) is 5.69 Å². The van der Waals surface area contributed by atoms with Crippen LogP contribution in [0.15, 0.2) is 61.6 Å². The van der Waals surface area contributed by atoms with Crippen LogP contribution in [0, 0.1) is 0 Å². The second kappa shape index (κ2) is 9.11. The molecule has 1 heterocycles. The molecule has 0 radical (unpaired) electrons. The molecule has 0 saturated carbocycles. The average molecular weight is 508 g/mol. The lowest BCUT2D eigenvalue weighted by atomic mass is 10.2. The second-order valence-electron chi connectivity index (χ2n) is 5.95. The molecule has 3 aromatic rings. The van der Waals surface area contributed by atoms with Gasteiger partial charge in [-0.05, 0) is 46.6 Å². The third kappa shape index (κ3) is 4.85. The molecule has 1 aromatic heterocycles. The van der Waals surface area contributed by atoms with Crippen molar-refractivity contribution in [2.75, 3.05) is 6.54 Å². The molecule has 0 saturated heterocycles. The summed E-state index contributed by atoms with van der Waals surface area (Å²) in [4.78, 5) is 26.7. The van der Waals surface area contributed by atoms with E-state index < -0.39 is 5.91 Å². The average Bonchev–Trinajstić information content (AvgIpc) is 2.99. The lowest BCUT2D eigenvalue weighted by Crippen LogP contribution is -2.24. The van der Waals surface area contributed by atoms with Crippen LogP contribution < -0.4 is 5.32 Å². The fourth-order valence-electron chi connectivity index (χ4n) is 2.58. The highest BCUT2D eigenvalue weighted by Crippen LogP contribution is 2.40. The molecule has 2 aromatic carbocycles. The number of azo groups is 1. The number of carbonyl (C=O) groups excluding carboxylic acids is 2. The Morgan fingerprint density at radius 2 is 1.89 bits per heavy atom. The molecular weight excluding hydrogens is 492 g/mol. The number of fused-ring (bicyclic) bond motifs is 1. The summed E-state index contributed by atoms with van der Waals surface area (Å²) in [7, 11) is 0. The summed E-state index contributed by atoms with van der Waals surface area (Å²) in [5.74, 6) is -0.785. The fraction of sp³-hybridized carbons (Fsp3) is 0.158. The summed E-state index contributed by atoms with van der Waals surface area (Å²) in [6.45, 7) is 0.354. The maximum absolute atomic E-state index is 12.0. The van der Waals surface area contributed by atoms with Gasteiger partial charge in [-0.15, -0.1) is 10.2 Å². The minimum Gasteiger partial charge on any atom is -0.493 e. The highest BCUT2D eigenvalue weighted by Gasteiger charge is 2.14. The Hall–Kier alpha value is -2.52. The Morgan fingerprint density at radius 3 is 2.64 bits per heavy atom. The molecule has 0 aliphatic rings. The normalized spacial score (nSPS) is 11.2. The molecule has 3 N–H and O–H groups in total. The van der Waals surface area contributed by atoms with Crippen LogP contribution in [0.3, 0.4) is 0 Å². The van der Waals surface area contributed by atoms with E-state index in [0.717, 1.165) is 8.95 Å². The molecule has 0 aliphatic heterocycles. The number of rotatable bonds is 6. The lowest BCUT2D eigenvalue weighted by molar-refractivity contribution is -0.118. The van der Waals surface area contributed by atoms with E-state index in [1.54, 1.807) is 30.3 Å². The van der Waals surface area contributed by atoms with E-state index in [0.29, 0.717) is 29.4 Å². The van der Waals surface area contributed by atoms with Gasteiger partial charge in [0.15, 0.2) is 5.69 Å². The van der Waals surface area contributed by atoms with Crippen molar-refractivity contribution >= 4 is 60.3 Å². The van der Waals surface area contributed by atoms with Crippen molar-refractivity contribution in [2.45, 2.75) is 12.8 Å². The summed E-state index contributed by atoms with van der Waals surface area (Å²) in [5, 5.41) is 21.0. The summed E-state index contributed by atoms with van der Waals surface area (Å²) >= 11 is 6.78. The number of carbonyl (C=O) groups is 2. The van der Waals surface area contributed by atoms with Gasteiger partial charge >= 0.3 is 0 Å². The van der Waals surface area contributed by atoms with Crippen molar-refractivity contribution in [1.29, 1.82) is 0 Å². The topological polar surface area (TPSA) is 107 Å². The molecule has 7 nitrogen and oxygen atoms in total. The van der Waals surface area contributed by atoms with Crippen molar-refractivity contribution in [2.24, 2.45) is 10.2 Å². The van der Waals surface area contributed by atoms with Gasteiger partial charge in [-0.3, -0.25) is 9.59 Å². The number of aromatic amines is 1. The van der Waals surface area contributed by atoms with E-state index in [9.17, 15) is 14.7 Å². The van der Waals surface area contributed by atoms with Crippen LogP contribution in [0.5, 0.6) is 5.88 Å². The third-order valence-electron chi connectivity index (χ3n) is 3.93. The molecule has 144 valence electrons. The first-order chi connectivity index (χ1) is 13.5. The maximum atomic E-state index is 12.0. The van der Waals surface area contributed by atoms with Crippen molar-refractivity contribution in [3.63, 3.8) is 0 Å². The van der Waals surface area contributed by atoms with E-state index >= 15 is 0 Å². The zero-order valence-electron chi connectivity index (χ0n) is 14.6. The summed E-state index contributed by atoms with van der Waals surface area (Å²) in [5.41, 5.74) is 1.43. The largest absolute Gasteiger partial charge is 0.493 e. The van der Waals surface area contributed by atoms with Crippen molar-refractivity contribution in [1.82, 2.24) is 10.3 Å². The first-order valence-electron chi connectivity index (χ1n) is 8.43. The number of hydrogen-bond donors (Lipinski definition) is 3. The summed E-state index contributed by atoms with van der Waals surface area (Å²) < 4.78 is 1.54. The van der Waals surface area contributed by atoms with Gasteiger partial charge in [-0.2, -0.15) is 0 Å². The number of nitrogens with zero attached hydrogens (tertiary/aromatic N) is 2. The van der Waals surface area contributed by atoms with E-state index in [1.807, 2.05) is 12.1 Å². The van der Waals surface area contributed by atoms with Crippen LogP contribution in [0.25, 0.3) is 10.9 Å². The minimum absolute atomic E-state index is 0.134. The molecule has 0 aliphatic carbocycles. The quantitative estimate of drug-likeness (QED) is 0.314. The Balaban J connectivity index is 1.55. The molecule has 9 heteroatoms. The Bertz CT molecular complexity index is 1050. The van der Waals surface area contributed by atoms with Crippen LogP contribution in [0.1, 0.15) is 23.2 Å². The highest BCUT2D eigenvalue weighted by atomic mass is 79.9. The number of halogens is 2. The number of amides is 2. The molecule has 0 fully saturated rings. The zero-order valence-corrected chi connectivity index (χ0v) is 17.7. The van der Waals surface area contributed by atoms with Crippen molar-refractivity contribution < 1.29 is 14.7 Å². The van der Waals surface area contributed by atoms with Gasteiger partial charge in [0.2, 0.25) is 5.88 Å². The summed E-state index contributed by atoms with van der Waals surface area (Å²) in [6, 6.07) is 12.5. The first kappa shape index (κ1) is 20.2. The number of aromatic hydroxyl groups is 1. The van der Waals surface area contributed by atoms with Gasteiger partial charge in [0.05, 0.1) is 5.52 Å². The van der Waals surface area contributed by atoms with E-state index in [-0.39, 0.29) is 23.9 Å². The van der Waals surface area contributed by atoms with Gasteiger partial charge in [0, 0.05) is 32.9 Å². The number of nitrogens with one attached hydrogen (secondary N) is 2. The number of benzene rings is 2.